The second-order valence-electron chi connectivity index (χ2n) is 4.17. The molecule has 0 amide bonds. The molecule has 2 aromatic carbocycles. The molecule has 0 radical (unpaired) electrons. The van der Waals surface area contributed by atoms with Gasteiger partial charge in [-0.1, -0.05) is 24.3 Å². The van der Waals surface area contributed by atoms with Gasteiger partial charge in [0.25, 0.3) is 0 Å². The molecule has 1 aromatic heterocycles. The van der Waals surface area contributed by atoms with Crippen molar-refractivity contribution in [1.29, 1.82) is 0 Å². The van der Waals surface area contributed by atoms with Gasteiger partial charge in [0, 0.05) is 10.8 Å². The molecular formula is C15H10N2O3. The first kappa shape index (κ1) is 12.1. The summed E-state index contributed by atoms with van der Waals surface area (Å²) in [5, 5.41) is 18.5. The highest BCUT2D eigenvalue weighted by Gasteiger charge is 2.08. The average Bonchev–Trinajstić information content (AvgIpc) is 2.48. The third-order valence-electron chi connectivity index (χ3n) is 2.83. The highest BCUT2D eigenvalue weighted by Crippen LogP contribution is 2.27. The number of carboxylic acids is 1. The number of aromatic nitrogens is 2. The summed E-state index contributed by atoms with van der Waals surface area (Å²) in [5.41, 5.74) is 0.163. The summed E-state index contributed by atoms with van der Waals surface area (Å²) in [6, 6.07) is 13.8. The molecule has 1 N–H and O–H groups in total. The quantitative estimate of drug-likeness (QED) is 0.788. The lowest BCUT2D eigenvalue weighted by Crippen LogP contribution is -1.97. The lowest BCUT2D eigenvalue weighted by molar-refractivity contribution is 0.0696. The first-order valence-corrected chi connectivity index (χ1v) is 5.96. The van der Waals surface area contributed by atoms with Gasteiger partial charge in [-0.25, -0.2) is 4.79 Å². The minimum absolute atomic E-state index is 0.163. The molecule has 0 saturated carbocycles. The fourth-order valence-corrected chi connectivity index (χ4v) is 1.88. The van der Waals surface area contributed by atoms with E-state index in [-0.39, 0.29) is 5.56 Å². The van der Waals surface area contributed by atoms with Gasteiger partial charge >= 0.3 is 5.97 Å². The first-order valence-electron chi connectivity index (χ1n) is 5.96. The van der Waals surface area contributed by atoms with Crippen molar-refractivity contribution in [3.63, 3.8) is 0 Å². The van der Waals surface area contributed by atoms with Crippen molar-refractivity contribution < 1.29 is 14.6 Å². The Balaban J connectivity index is 2.01. The monoisotopic (exact) mass is 266 g/mol. The van der Waals surface area contributed by atoms with E-state index in [1.807, 2.05) is 24.3 Å². The number of hydrogen-bond acceptors (Lipinski definition) is 4. The Labute approximate surface area is 114 Å². The van der Waals surface area contributed by atoms with Crippen molar-refractivity contribution in [1.82, 2.24) is 10.2 Å². The maximum absolute atomic E-state index is 10.9. The van der Waals surface area contributed by atoms with E-state index >= 15 is 0 Å². The molecule has 0 unspecified atom stereocenters. The molecule has 5 heteroatoms. The van der Waals surface area contributed by atoms with Gasteiger partial charge in [-0.15, -0.1) is 5.10 Å². The lowest BCUT2D eigenvalue weighted by atomic mass is 10.2. The van der Waals surface area contributed by atoms with Gasteiger partial charge in [0.2, 0.25) is 5.88 Å². The zero-order valence-electron chi connectivity index (χ0n) is 10.4. The van der Waals surface area contributed by atoms with Crippen LogP contribution in [0.3, 0.4) is 0 Å². The molecule has 3 rings (SSSR count). The fourth-order valence-electron chi connectivity index (χ4n) is 1.88. The third-order valence-corrected chi connectivity index (χ3v) is 2.83. The predicted octanol–water partition coefficient (Wildman–Crippen LogP) is 3.12. The van der Waals surface area contributed by atoms with Crippen LogP contribution >= 0.6 is 0 Å². The minimum Gasteiger partial charge on any atom is -0.478 e. The number of fused-ring (bicyclic) bond motifs is 1. The number of hydrogen-bond donors (Lipinski definition) is 1. The number of carboxylic acid groups (broad SMARTS) is 1. The molecular weight excluding hydrogens is 256 g/mol. The van der Waals surface area contributed by atoms with Crippen LogP contribution in [0, 0.1) is 0 Å². The van der Waals surface area contributed by atoms with Gasteiger partial charge in [-0.2, -0.15) is 5.10 Å². The normalized spacial score (nSPS) is 10.4. The zero-order valence-corrected chi connectivity index (χ0v) is 10.4. The summed E-state index contributed by atoms with van der Waals surface area (Å²) in [4.78, 5) is 10.9. The van der Waals surface area contributed by atoms with Crippen molar-refractivity contribution in [3.8, 4) is 11.6 Å². The summed E-state index contributed by atoms with van der Waals surface area (Å²) in [6.07, 6.45) is 1.65. The number of carbonyl (C=O) groups is 1. The van der Waals surface area contributed by atoms with Crippen molar-refractivity contribution in [2.24, 2.45) is 0 Å². The molecule has 0 spiro atoms. The molecule has 5 nitrogen and oxygen atoms in total. The van der Waals surface area contributed by atoms with E-state index in [0.29, 0.717) is 11.6 Å². The first-order chi connectivity index (χ1) is 9.74. The van der Waals surface area contributed by atoms with E-state index < -0.39 is 5.97 Å². The topological polar surface area (TPSA) is 72.3 Å². The summed E-state index contributed by atoms with van der Waals surface area (Å²) in [5.74, 6) is -0.236. The minimum atomic E-state index is -1.00. The van der Waals surface area contributed by atoms with Crippen molar-refractivity contribution >= 4 is 16.7 Å². The van der Waals surface area contributed by atoms with Crippen LogP contribution in [0.1, 0.15) is 10.4 Å². The second-order valence-corrected chi connectivity index (χ2v) is 4.17. The van der Waals surface area contributed by atoms with Gasteiger partial charge in [-0.3, -0.25) is 0 Å². The smallest absolute Gasteiger partial charge is 0.335 e. The third kappa shape index (κ3) is 2.29. The Kier molecular flexibility index (Phi) is 3.01. The largest absolute Gasteiger partial charge is 0.478 e. The molecule has 0 atom stereocenters. The number of ether oxygens (including phenoxy) is 1. The molecule has 0 bridgehead atoms. The van der Waals surface area contributed by atoms with Crippen LogP contribution in [0.4, 0.5) is 0 Å². The maximum atomic E-state index is 10.9. The van der Waals surface area contributed by atoms with Crippen LogP contribution in [0.2, 0.25) is 0 Å². The van der Waals surface area contributed by atoms with Crippen LogP contribution in [0.5, 0.6) is 11.6 Å². The summed E-state index contributed by atoms with van der Waals surface area (Å²) < 4.78 is 5.65. The standard InChI is InChI=1S/C15H10N2O3/c18-15(19)10-5-3-6-12(8-10)20-14-13-7-2-1-4-11(13)9-16-17-14/h1-9H,(H,18,19). The Hall–Kier alpha value is -2.95. The molecule has 98 valence electrons. The summed E-state index contributed by atoms with van der Waals surface area (Å²) in [7, 11) is 0. The number of benzene rings is 2. The molecule has 0 aliphatic rings. The van der Waals surface area contributed by atoms with Crippen LogP contribution in [0.15, 0.2) is 54.7 Å². The Morgan fingerprint density at radius 2 is 1.95 bits per heavy atom. The molecule has 0 fully saturated rings. The number of rotatable bonds is 3. The van der Waals surface area contributed by atoms with Gasteiger partial charge in [-0.05, 0) is 24.3 Å². The average molecular weight is 266 g/mol. The van der Waals surface area contributed by atoms with E-state index in [0.717, 1.165) is 10.8 Å². The van der Waals surface area contributed by atoms with E-state index in [9.17, 15) is 4.79 Å². The van der Waals surface area contributed by atoms with Crippen molar-refractivity contribution in [2.45, 2.75) is 0 Å². The molecule has 1 heterocycles. The van der Waals surface area contributed by atoms with Crippen LogP contribution in [0.25, 0.3) is 10.8 Å². The summed E-state index contributed by atoms with van der Waals surface area (Å²) in [6.45, 7) is 0. The highest BCUT2D eigenvalue weighted by molar-refractivity contribution is 5.88. The number of aromatic carboxylic acids is 1. The Bertz CT molecular complexity index is 781. The molecule has 0 aliphatic carbocycles. The zero-order chi connectivity index (χ0) is 13.9. The van der Waals surface area contributed by atoms with Crippen molar-refractivity contribution in [3.05, 3.63) is 60.3 Å². The van der Waals surface area contributed by atoms with E-state index in [1.165, 1.54) is 12.1 Å². The maximum Gasteiger partial charge on any atom is 0.335 e. The van der Waals surface area contributed by atoms with Gasteiger partial charge in [0.05, 0.1) is 11.8 Å². The van der Waals surface area contributed by atoms with Gasteiger partial charge < -0.3 is 9.84 Å². The summed E-state index contributed by atoms with van der Waals surface area (Å²) >= 11 is 0. The fraction of sp³-hybridized carbons (Fsp3) is 0. The van der Waals surface area contributed by atoms with Crippen LogP contribution < -0.4 is 4.74 Å². The van der Waals surface area contributed by atoms with Gasteiger partial charge in [0.15, 0.2) is 0 Å². The molecule has 0 saturated heterocycles. The Morgan fingerprint density at radius 1 is 1.10 bits per heavy atom. The predicted molar refractivity (Wildman–Crippen MR) is 73.0 cm³/mol. The molecule has 3 aromatic rings. The Morgan fingerprint density at radius 3 is 2.80 bits per heavy atom. The molecule has 20 heavy (non-hydrogen) atoms. The highest BCUT2D eigenvalue weighted by atomic mass is 16.5. The van der Waals surface area contributed by atoms with Crippen LogP contribution in [-0.4, -0.2) is 21.3 Å². The van der Waals surface area contributed by atoms with E-state index in [2.05, 4.69) is 10.2 Å². The SMILES string of the molecule is O=C(O)c1cccc(Oc2nncc3ccccc23)c1. The van der Waals surface area contributed by atoms with E-state index in [1.54, 1.807) is 18.3 Å². The number of nitrogens with zero attached hydrogens (tertiary/aromatic N) is 2. The van der Waals surface area contributed by atoms with Crippen LogP contribution in [-0.2, 0) is 0 Å². The lowest BCUT2D eigenvalue weighted by Gasteiger charge is -2.07. The van der Waals surface area contributed by atoms with Crippen molar-refractivity contribution in [2.75, 3.05) is 0 Å². The second kappa shape index (κ2) is 4.97. The van der Waals surface area contributed by atoms with Gasteiger partial charge in [0.1, 0.15) is 5.75 Å². The van der Waals surface area contributed by atoms with E-state index in [4.69, 9.17) is 9.84 Å². The molecule has 0 aliphatic heterocycles.